The summed E-state index contributed by atoms with van der Waals surface area (Å²) in [6, 6.07) is 7.85. The standard InChI is InChI=1S/C15H14N2O4/c1-9-5-6-10(8-12(9)21-2)14(18)17-13-11(15(19)20)4-3-7-16-13/h3-8H,1-2H3,(H,19,20)(H,16,17,18). The number of aromatic nitrogens is 1. The number of benzene rings is 1. The van der Waals surface area contributed by atoms with Crippen LogP contribution in [0, 0.1) is 6.92 Å². The van der Waals surface area contributed by atoms with Gasteiger partial charge in [0.05, 0.1) is 7.11 Å². The topological polar surface area (TPSA) is 88.5 Å². The van der Waals surface area contributed by atoms with Gasteiger partial charge in [0, 0.05) is 11.8 Å². The Morgan fingerprint density at radius 3 is 2.71 bits per heavy atom. The Kier molecular flexibility index (Phi) is 4.18. The van der Waals surface area contributed by atoms with Gasteiger partial charge in [0.1, 0.15) is 17.1 Å². The van der Waals surface area contributed by atoms with E-state index in [2.05, 4.69) is 10.3 Å². The molecular formula is C15H14N2O4. The minimum Gasteiger partial charge on any atom is -0.496 e. The summed E-state index contributed by atoms with van der Waals surface area (Å²) in [6.07, 6.45) is 1.41. The lowest BCUT2D eigenvalue weighted by Gasteiger charge is -2.09. The Morgan fingerprint density at radius 2 is 2.05 bits per heavy atom. The first-order valence-electron chi connectivity index (χ1n) is 6.17. The molecule has 0 aliphatic carbocycles. The molecule has 1 heterocycles. The van der Waals surface area contributed by atoms with Crippen LogP contribution in [0.1, 0.15) is 26.3 Å². The number of pyridine rings is 1. The van der Waals surface area contributed by atoms with Gasteiger partial charge in [-0.25, -0.2) is 9.78 Å². The molecule has 6 nitrogen and oxygen atoms in total. The van der Waals surface area contributed by atoms with Crippen LogP contribution in [0.5, 0.6) is 5.75 Å². The summed E-state index contributed by atoms with van der Waals surface area (Å²) in [4.78, 5) is 27.1. The highest BCUT2D eigenvalue weighted by Crippen LogP contribution is 2.20. The van der Waals surface area contributed by atoms with Crippen LogP contribution in [-0.2, 0) is 0 Å². The van der Waals surface area contributed by atoms with Crippen LogP contribution in [0.4, 0.5) is 5.82 Å². The molecule has 0 fully saturated rings. The van der Waals surface area contributed by atoms with Gasteiger partial charge in [-0.05, 0) is 36.8 Å². The third kappa shape index (κ3) is 3.17. The zero-order valence-corrected chi connectivity index (χ0v) is 11.6. The van der Waals surface area contributed by atoms with E-state index in [1.807, 2.05) is 6.92 Å². The van der Waals surface area contributed by atoms with Gasteiger partial charge < -0.3 is 15.2 Å². The summed E-state index contributed by atoms with van der Waals surface area (Å²) in [5.41, 5.74) is 1.20. The number of methoxy groups -OCH3 is 1. The Balaban J connectivity index is 2.28. The van der Waals surface area contributed by atoms with Gasteiger partial charge in [-0.3, -0.25) is 4.79 Å². The molecule has 6 heteroatoms. The van der Waals surface area contributed by atoms with Crippen LogP contribution in [0.15, 0.2) is 36.5 Å². The zero-order chi connectivity index (χ0) is 15.4. The second kappa shape index (κ2) is 6.04. The van der Waals surface area contributed by atoms with Crippen LogP contribution in [-0.4, -0.2) is 29.1 Å². The van der Waals surface area contributed by atoms with E-state index in [1.54, 1.807) is 18.2 Å². The lowest BCUT2D eigenvalue weighted by atomic mass is 10.1. The van der Waals surface area contributed by atoms with Crippen molar-refractivity contribution >= 4 is 17.7 Å². The monoisotopic (exact) mass is 286 g/mol. The number of carbonyl (C=O) groups excluding carboxylic acids is 1. The molecule has 0 atom stereocenters. The van der Waals surface area contributed by atoms with Crippen molar-refractivity contribution in [2.24, 2.45) is 0 Å². The van der Waals surface area contributed by atoms with E-state index in [1.165, 1.54) is 25.4 Å². The molecule has 0 aliphatic rings. The molecular weight excluding hydrogens is 272 g/mol. The van der Waals surface area contributed by atoms with Gasteiger partial charge in [-0.2, -0.15) is 0 Å². The molecule has 0 radical (unpaired) electrons. The van der Waals surface area contributed by atoms with Gasteiger partial charge in [0.2, 0.25) is 0 Å². The first-order valence-corrected chi connectivity index (χ1v) is 6.17. The molecule has 1 amide bonds. The third-order valence-electron chi connectivity index (χ3n) is 2.94. The molecule has 1 aromatic heterocycles. The van der Waals surface area contributed by atoms with Crippen LogP contribution >= 0.6 is 0 Å². The van der Waals surface area contributed by atoms with Crippen molar-refractivity contribution in [1.82, 2.24) is 4.98 Å². The predicted octanol–water partition coefficient (Wildman–Crippen LogP) is 2.35. The highest BCUT2D eigenvalue weighted by molar-refractivity contribution is 6.07. The van der Waals surface area contributed by atoms with E-state index in [9.17, 15) is 9.59 Å². The van der Waals surface area contributed by atoms with E-state index < -0.39 is 11.9 Å². The Labute approximate surface area is 121 Å². The maximum atomic E-state index is 12.2. The smallest absolute Gasteiger partial charge is 0.339 e. The number of carboxylic acid groups (broad SMARTS) is 1. The van der Waals surface area contributed by atoms with Crippen molar-refractivity contribution in [2.75, 3.05) is 12.4 Å². The number of carboxylic acids is 1. The highest BCUT2D eigenvalue weighted by Gasteiger charge is 2.15. The summed E-state index contributed by atoms with van der Waals surface area (Å²) in [7, 11) is 1.52. The lowest BCUT2D eigenvalue weighted by Crippen LogP contribution is -2.16. The fourth-order valence-electron chi connectivity index (χ4n) is 1.82. The number of anilines is 1. The van der Waals surface area contributed by atoms with Crippen molar-refractivity contribution < 1.29 is 19.4 Å². The Morgan fingerprint density at radius 1 is 1.29 bits per heavy atom. The van der Waals surface area contributed by atoms with Crippen LogP contribution < -0.4 is 10.1 Å². The summed E-state index contributed by atoms with van der Waals surface area (Å²) < 4.78 is 5.16. The van der Waals surface area contributed by atoms with E-state index in [-0.39, 0.29) is 11.4 Å². The van der Waals surface area contributed by atoms with Gasteiger partial charge in [-0.1, -0.05) is 6.07 Å². The van der Waals surface area contributed by atoms with Crippen molar-refractivity contribution in [3.63, 3.8) is 0 Å². The normalized spacial score (nSPS) is 10.0. The average Bonchev–Trinajstić information content (AvgIpc) is 2.48. The average molecular weight is 286 g/mol. The fraction of sp³-hybridized carbons (Fsp3) is 0.133. The molecule has 2 aromatic rings. The zero-order valence-electron chi connectivity index (χ0n) is 11.6. The van der Waals surface area contributed by atoms with Gasteiger partial charge in [-0.15, -0.1) is 0 Å². The second-order valence-electron chi connectivity index (χ2n) is 4.34. The van der Waals surface area contributed by atoms with Crippen LogP contribution in [0.3, 0.4) is 0 Å². The molecule has 0 saturated heterocycles. The molecule has 0 spiro atoms. The van der Waals surface area contributed by atoms with Crippen LogP contribution in [0.2, 0.25) is 0 Å². The number of nitrogens with zero attached hydrogens (tertiary/aromatic N) is 1. The van der Waals surface area contributed by atoms with Crippen molar-refractivity contribution in [3.05, 3.63) is 53.2 Å². The summed E-state index contributed by atoms with van der Waals surface area (Å²) in [5.74, 6) is -1.01. The SMILES string of the molecule is COc1cc(C(=O)Nc2ncccc2C(=O)O)ccc1C. The van der Waals surface area contributed by atoms with Gasteiger partial charge in [0.15, 0.2) is 0 Å². The molecule has 21 heavy (non-hydrogen) atoms. The van der Waals surface area contributed by atoms with Crippen molar-refractivity contribution in [3.8, 4) is 5.75 Å². The quantitative estimate of drug-likeness (QED) is 0.900. The highest BCUT2D eigenvalue weighted by atomic mass is 16.5. The van der Waals surface area contributed by atoms with E-state index in [0.717, 1.165) is 5.56 Å². The van der Waals surface area contributed by atoms with Crippen molar-refractivity contribution in [1.29, 1.82) is 0 Å². The first kappa shape index (κ1) is 14.5. The number of nitrogens with one attached hydrogen (secondary N) is 1. The third-order valence-corrected chi connectivity index (χ3v) is 2.94. The van der Waals surface area contributed by atoms with Gasteiger partial charge >= 0.3 is 5.97 Å². The molecule has 0 saturated carbocycles. The van der Waals surface area contributed by atoms with Crippen molar-refractivity contribution in [2.45, 2.75) is 6.92 Å². The molecule has 2 N–H and O–H groups in total. The number of aryl methyl sites for hydroxylation is 1. The Bertz CT molecular complexity index is 698. The van der Waals surface area contributed by atoms with Crippen LogP contribution in [0.25, 0.3) is 0 Å². The minimum absolute atomic E-state index is 0.00884. The number of hydrogen-bond acceptors (Lipinski definition) is 4. The number of ether oxygens (including phenoxy) is 1. The maximum Gasteiger partial charge on any atom is 0.339 e. The minimum atomic E-state index is -1.15. The molecule has 1 aromatic carbocycles. The Hall–Kier alpha value is -2.89. The maximum absolute atomic E-state index is 12.2. The molecule has 0 aliphatic heterocycles. The fourth-order valence-corrected chi connectivity index (χ4v) is 1.82. The summed E-state index contributed by atoms with van der Waals surface area (Å²) in [5, 5.41) is 11.5. The largest absolute Gasteiger partial charge is 0.496 e. The number of carbonyl (C=O) groups is 2. The predicted molar refractivity (Wildman–Crippen MR) is 76.9 cm³/mol. The number of amides is 1. The lowest BCUT2D eigenvalue weighted by molar-refractivity contribution is 0.0697. The molecule has 0 unspecified atom stereocenters. The second-order valence-corrected chi connectivity index (χ2v) is 4.34. The molecule has 108 valence electrons. The van der Waals surface area contributed by atoms with E-state index in [0.29, 0.717) is 11.3 Å². The molecule has 2 rings (SSSR count). The van der Waals surface area contributed by atoms with Gasteiger partial charge in [0.25, 0.3) is 5.91 Å². The summed E-state index contributed by atoms with van der Waals surface area (Å²) in [6.45, 7) is 1.86. The van der Waals surface area contributed by atoms with E-state index >= 15 is 0 Å². The number of hydrogen-bond donors (Lipinski definition) is 2. The summed E-state index contributed by atoms with van der Waals surface area (Å²) >= 11 is 0. The van der Waals surface area contributed by atoms with E-state index in [4.69, 9.17) is 9.84 Å². The number of aromatic carboxylic acids is 1. The molecule has 0 bridgehead atoms. The number of rotatable bonds is 4. The first-order chi connectivity index (χ1) is 10.0.